The number of benzene rings is 1. The first-order chi connectivity index (χ1) is 8.61. The molecule has 1 heterocycles. The highest BCUT2D eigenvalue weighted by Gasteiger charge is 2.11. The van der Waals surface area contributed by atoms with E-state index in [0.29, 0.717) is 15.7 Å². The fourth-order valence-electron chi connectivity index (χ4n) is 1.40. The molecular weight excluding hydrogens is 304 g/mol. The predicted molar refractivity (Wildman–Crippen MR) is 67.3 cm³/mol. The highest BCUT2D eigenvalue weighted by Crippen LogP contribution is 2.23. The Morgan fingerprint density at radius 2 is 2.33 bits per heavy atom. The lowest BCUT2D eigenvalue weighted by Gasteiger charge is -2.04. The third-order valence-corrected chi connectivity index (χ3v) is 2.84. The van der Waals surface area contributed by atoms with Gasteiger partial charge in [-0.2, -0.15) is 5.10 Å². The smallest absolute Gasteiger partial charge is 0.307 e. The van der Waals surface area contributed by atoms with Gasteiger partial charge in [0.1, 0.15) is 12.4 Å². The number of aromatic nitrogens is 2. The average molecular weight is 311 g/mol. The van der Waals surface area contributed by atoms with Crippen molar-refractivity contribution in [3.05, 3.63) is 50.7 Å². The molecule has 7 nitrogen and oxygen atoms in total. The van der Waals surface area contributed by atoms with Gasteiger partial charge < -0.3 is 5.21 Å². The van der Waals surface area contributed by atoms with E-state index >= 15 is 0 Å². The maximum atomic E-state index is 10.6. The van der Waals surface area contributed by atoms with Gasteiger partial charge in [-0.3, -0.25) is 10.1 Å². The van der Waals surface area contributed by atoms with Gasteiger partial charge in [-0.15, -0.1) is 0 Å². The highest BCUT2D eigenvalue weighted by molar-refractivity contribution is 9.10. The first kappa shape index (κ1) is 12.2. The minimum atomic E-state index is -0.510. The average Bonchev–Trinajstić information content (AvgIpc) is 2.79. The van der Waals surface area contributed by atoms with Crippen LogP contribution in [0.25, 0.3) is 5.69 Å². The lowest BCUT2D eigenvalue weighted by atomic mass is 10.2. The largest absolute Gasteiger partial charge is 0.411 e. The molecule has 0 aliphatic rings. The molecule has 0 fully saturated rings. The number of nitrogens with zero attached hydrogens (tertiary/aromatic N) is 4. The van der Waals surface area contributed by atoms with Crippen molar-refractivity contribution in [3.63, 3.8) is 0 Å². The Hall–Kier alpha value is -2.22. The zero-order valence-electron chi connectivity index (χ0n) is 8.89. The Balaban J connectivity index is 2.41. The summed E-state index contributed by atoms with van der Waals surface area (Å²) in [5, 5.41) is 25.8. The van der Waals surface area contributed by atoms with Crippen LogP contribution >= 0.6 is 15.9 Å². The van der Waals surface area contributed by atoms with Crippen molar-refractivity contribution in [1.82, 2.24) is 9.78 Å². The third-order valence-electron chi connectivity index (χ3n) is 2.21. The molecule has 92 valence electrons. The van der Waals surface area contributed by atoms with E-state index in [4.69, 9.17) is 5.21 Å². The number of oxime groups is 1. The van der Waals surface area contributed by atoms with E-state index in [1.165, 1.54) is 23.3 Å². The number of hydrogen-bond donors (Lipinski definition) is 1. The summed E-state index contributed by atoms with van der Waals surface area (Å²) in [6.07, 6.45) is 3.77. The summed E-state index contributed by atoms with van der Waals surface area (Å²) in [4.78, 5) is 10.1. The first-order valence-corrected chi connectivity index (χ1v) is 5.57. The van der Waals surface area contributed by atoms with Gasteiger partial charge in [0.15, 0.2) is 0 Å². The Kier molecular flexibility index (Phi) is 3.38. The molecule has 1 aromatic carbocycles. The standard InChI is InChI=1S/C10H7BrN4O3/c11-9-3-7(4-13-16)1-2-10(9)14-6-8(5-12-14)15(17)18/h1-6,16H/b13-4+. The van der Waals surface area contributed by atoms with Gasteiger partial charge in [-0.1, -0.05) is 11.2 Å². The van der Waals surface area contributed by atoms with Gasteiger partial charge in [0.2, 0.25) is 0 Å². The van der Waals surface area contributed by atoms with Crippen molar-refractivity contribution in [2.75, 3.05) is 0 Å². The molecule has 18 heavy (non-hydrogen) atoms. The summed E-state index contributed by atoms with van der Waals surface area (Å²) in [5.74, 6) is 0. The molecule has 0 spiro atoms. The van der Waals surface area contributed by atoms with Crippen LogP contribution in [0.4, 0.5) is 5.69 Å². The number of halogens is 1. The van der Waals surface area contributed by atoms with E-state index in [2.05, 4.69) is 26.2 Å². The van der Waals surface area contributed by atoms with Crippen LogP contribution in [0.5, 0.6) is 0 Å². The molecule has 0 unspecified atom stereocenters. The summed E-state index contributed by atoms with van der Waals surface area (Å²) < 4.78 is 2.07. The van der Waals surface area contributed by atoms with Crippen LogP contribution in [-0.4, -0.2) is 26.1 Å². The lowest BCUT2D eigenvalue weighted by molar-refractivity contribution is -0.384. The predicted octanol–water partition coefficient (Wildman–Crippen LogP) is 2.35. The van der Waals surface area contributed by atoms with E-state index in [9.17, 15) is 10.1 Å². The van der Waals surface area contributed by atoms with E-state index < -0.39 is 4.92 Å². The minimum absolute atomic E-state index is 0.0807. The molecule has 0 radical (unpaired) electrons. The fourth-order valence-corrected chi connectivity index (χ4v) is 1.97. The Labute approximate surface area is 110 Å². The molecule has 8 heteroatoms. The summed E-state index contributed by atoms with van der Waals surface area (Å²) in [7, 11) is 0. The zero-order chi connectivity index (χ0) is 13.1. The Morgan fingerprint density at radius 3 is 2.89 bits per heavy atom. The van der Waals surface area contributed by atoms with Crippen molar-refractivity contribution in [3.8, 4) is 5.69 Å². The molecule has 1 aromatic heterocycles. The first-order valence-electron chi connectivity index (χ1n) is 4.78. The van der Waals surface area contributed by atoms with Gasteiger partial charge in [0.05, 0.1) is 16.8 Å². The van der Waals surface area contributed by atoms with E-state index in [0.717, 1.165) is 0 Å². The molecule has 0 amide bonds. The van der Waals surface area contributed by atoms with Crippen LogP contribution in [0.2, 0.25) is 0 Å². The summed E-state index contributed by atoms with van der Waals surface area (Å²) in [6.45, 7) is 0. The van der Waals surface area contributed by atoms with E-state index in [1.807, 2.05) is 0 Å². The number of nitro groups is 1. The lowest BCUT2D eigenvalue weighted by Crippen LogP contribution is -1.96. The summed E-state index contributed by atoms with van der Waals surface area (Å²) >= 11 is 3.33. The summed E-state index contributed by atoms with van der Waals surface area (Å²) in [6, 6.07) is 5.12. The van der Waals surface area contributed by atoms with Crippen molar-refractivity contribution < 1.29 is 10.1 Å². The maximum absolute atomic E-state index is 10.6. The molecular formula is C10H7BrN4O3. The molecule has 0 aliphatic heterocycles. The van der Waals surface area contributed by atoms with E-state index in [1.54, 1.807) is 18.2 Å². The topological polar surface area (TPSA) is 93.5 Å². The van der Waals surface area contributed by atoms with Gasteiger partial charge in [-0.25, -0.2) is 4.68 Å². The highest BCUT2D eigenvalue weighted by atomic mass is 79.9. The van der Waals surface area contributed by atoms with Crippen LogP contribution in [-0.2, 0) is 0 Å². The van der Waals surface area contributed by atoms with Crippen molar-refractivity contribution in [2.24, 2.45) is 5.16 Å². The van der Waals surface area contributed by atoms with Gasteiger partial charge >= 0.3 is 5.69 Å². The number of hydrogen-bond acceptors (Lipinski definition) is 5. The molecule has 0 saturated heterocycles. The molecule has 1 N–H and O–H groups in total. The van der Waals surface area contributed by atoms with E-state index in [-0.39, 0.29) is 5.69 Å². The van der Waals surface area contributed by atoms with Crippen LogP contribution in [0.15, 0.2) is 40.2 Å². The molecule has 2 aromatic rings. The second-order valence-corrected chi connectivity index (χ2v) is 4.21. The van der Waals surface area contributed by atoms with Crippen LogP contribution < -0.4 is 0 Å². The minimum Gasteiger partial charge on any atom is -0.411 e. The summed E-state index contributed by atoms with van der Waals surface area (Å²) in [5.41, 5.74) is 1.26. The van der Waals surface area contributed by atoms with Crippen LogP contribution in [0, 0.1) is 10.1 Å². The second-order valence-electron chi connectivity index (χ2n) is 3.36. The molecule has 0 atom stereocenters. The van der Waals surface area contributed by atoms with Gasteiger partial charge in [0, 0.05) is 4.47 Å². The maximum Gasteiger partial charge on any atom is 0.307 e. The van der Waals surface area contributed by atoms with Crippen molar-refractivity contribution in [1.29, 1.82) is 0 Å². The normalized spacial score (nSPS) is 10.9. The van der Waals surface area contributed by atoms with Gasteiger partial charge in [0.25, 0.3) is 0 Å². The monoisotopic (exact) mass is 310 g/mol. The van der Waals surface area contributed by atoms with Gasteiger partial charge in [-0.05, 0) is 33.6 Å². The zero-order valence-corrected chi connectivity index (χ0v) is 10.5. The van der Waals surface area contributed by atoms with Crippen LogP contribution in [0.3, 0.4) is 0 Å². The quantitative estimate of drug-likeness (QED) is 0.407. The molecule has 0 aliphatic carbocycles. The third kappa shape index (κ3) is 2.38. The molecule has 0 saturated carbocycles. The SMILES string of the molecule is O=[N+]([O-])c1cnn(-c2ccc(/C=N/O)cc2Br)c1. The molecule has 0 bridgehead atoms. The fraction of sp³-hybridized carbons (Fsp3) is 0. The Bertz CT molecular complexity index is 623. The van der Waals surface area contributed by atoms with Crippen molar-refractivity contribution >= 4 is 27.8 Å². The van der Waals surface area contributed by atoms with Crippen molar-refractivity contribution in [2.45, 2.75) is 0 Å². The second kappa shape index (κ2) is 4.96. The Morgan fingerprint density at radius 1 is 1.56 bits per heavy atom. The van der Waals surface area contributed by atoms with Crippen LogP contribution in [0.1, 0.15) is 5.56 Å². The molecule has 2 rings (SSSR count). The number of rotatable bonds is 3.